The number of hydrogen-bond acceptors (Lipinski definition) is 6. The molecule has 2 aromatic rings. The lowest BCUT2D eigenvalue weighted by molar-refractivity contribution is -0.117. The van der Waals surface area contributed by atoms with Gasteiger partial charge >= 0.3 is 6.03 Å². The number of carbonyl (C=O) groups is 2. The summed E-state index contributed by atoms with van der Waals surface area (Å²) in [6, 6.07) is 17.1. The topological polar surface area (TPSA) is 94.7 Å². The summed E-state index contributed by atoms with van der Waals surface area (Å²) >= 11 is 1.54. The fraction of sp³-hybridized carbons (Fsp3) is 0.385. The van der Waals surface area contributed by atoms with Gasteiger partial charge in [-0.3, -0.25) is 9.69 Å². The number of para-hydroxylation sites is 1. The van der Waals surface area contributed by atoms with Gasteiger partial charge in [-0.25, -0.2) is 4.79 Å². The van der Waals surface area contributed by atoms with Crippen molar-refractivity contribution in [2.24, 2.45) is 11.8 Å². The molecule has 4 aliphatic rings. The van der Waals surface area contributed by atoms with E-state index in [-0.39, 0.29) is 29.3 Å². The highest BCUT2D eigenvalue weighted by atomic mass is 32.2. The quantitative estimate of drug-likeness (QED) is 0.496. The Kier molecular flexibility index (Phi) is 6.13. The van der Waals surface area contributed by atoms with Crippen molar-refractivity contribution in [2.45, 2.75) is 24.3 Å². The fourth-order valence-electron chi connectivity index (χ4n) is 5.43. The lowest BCUT2D eigenvalue weighted by Gasteiger charge is -2.45. The second-order valence-electron chi connectivity index (χ2n) is 9.40. The number of hydrogen-bond donors (Lipinski definition) is 4. The molecule has 2 aromatic carbocycles. The van der Waals surface area contributed by atoms with Gasteiger partial charge in [0.1, 0.15) is 11.5 Å². The molecule has 4 atom stereocenters. The van der Waals surface area contributed by atoms with Crippen LogP contribution in [0.25, 0.3) is 0 Å². The second kappa shape index (κ2) is 9.56. The van der Waals surface area contributed by atoms with Gasteiger partial charge in [-0.2, -0.15) is 0 Å². The molecule has 8 nitrogen and oxygen atoms in total. The first kappa shape index (κ1) is 22.5. The van der Waals surface area contributed by atoms with Crippen LogP contribution in [0.15, 0.2) is 65.2 Å². The van der Waals surface area contributed by atoms with E-state index in [0.717, 1.165) is 49.6 Å². The molecule has 0 saturated carbocycles. The summed E-state index contributed by atoms with van der Waals surface area (Å²) in [6.45, 7) is 3.40. The molecule has 3 saturated heterocycles. The maximum absolute atomic E-state index is 13.3. The Bertz CT molecular complexity index is 1130. The van der Waals surface area contributed by atoms with Crippen LogP contribution in [0.3, 0.4) is 0 Å². The molecule has 3 amide bonds. The van der Waals surface area contributed by atoms with Gasteiger partial charge in [0, 0.05) is 23.8 Å². The van der Waals surface area contributed by atoms with Crippen LogP contribution in [0.4, 0.5) is 10.5 Å². The molecule has 9 heteroatoms. The highest BCUT2D eigenvalue weighted by Gasteiger charge is 2.51. The molecule has 4 unspecified atom stereocenters. The number of nitrogens with one attached hydrogen (secondary N) is 4. The van der Waals surface area contributed by atoms with Gasteiger partial charge in [0.2, 0.25) is 0 Å². The molecule has 4 N–H and O–H groups in total. The number of urea groups is 1. The van der Waals surface area contributed by atoms with Crippen LogP contribution < -0.4 is 30.9 Å². The van der Waals surface area contributed by atoms with Crippen LogP contribution in [0.2, 0.25) is 0 Å². The number of thioether (sulfide) groups is 1. The zero-order valence-corrected chi connectivity index (χ0v) is 20.1. The fourth-order valence-corrected chi connectivity index (χ4v) is 6.84. The first-order valence-electron chi connectivity index (χ1n) is 12.2. The highest BCUT2D eigenvalue weighted by molar-refractivity contribution is 8.04. The van der Waals surface area contributed by atoms with Crippen molar-refractivity contribution in [3.05, 3.63) is 65.2 Å². The molecule has 182 valence electrons. The lowest BCUT2D eigenvalue weighted by Crippen LogP contribution is -2.62. The van der Waals surface area contributed by atoms with Crippen molar-refractivity contribution in [3.63, 3.8) is 0 Å². The summed E-state index contributed by atoms with van der Waals surface area (Å²) in [5, 5.41) is 13.1. The summed E-state index contributed by atoms with van der Waals surface area (Å²) in [4.78, 5) is 28.9. The average Bonchev–Trinajstić information content (AvgIpc) is 3.53. The van der Waals surface area contributed by atoms with Crippen molar-refractivity contribution >= 4 is 29.4 Å². The van der Waals surface area contributed by atoms with E-state index in [1.807, 2.05) is 59.5 Å². The third kappa shape index (κ3) is 4.39. The van der Waals surface area contributed by atoms with E-state index in [0.29, 0.717) is 23.1 Å². The normalized spacial score (nSPS) is 27.4. The minimum Gasteiger partial charge on any atom is -0.457 e. The summed E-state index contributed by atoms with van der Waals surface area (Å²) < 4.78 is 5.91. The van der Waals surface area contributed by atoms with Crippen LogP contribution in [-0.2, 0) is 4.79 Å². The molecule has 0 aromatic heterocycles. The number of rotatable bonds is 6. The Morgan fingerprint density at radius 3 is 2.63 bits per heavy atom. The van der Waals surface area contributed by atoms with E-state index in [1.54, 1.807) is 11.8 Å². The van der Waals surface area contributed by atoms with Crippen molar-refractivity contribution in [1.29, 1.82) is 0 Å². The van der Waals surface area contributed by atoms with Gasteiger partial charge in [0.05, 0.1) is 16.3 Å². The number of anilines is 1. The minimum absolute atomic E-state index is 0.0114. The van der Waals surface area contributed by atoms with E-state index >= 15 is 0 Å². The number of piperidine rings is 1. The standard InChI is InChI=1S/C26H29N5O3S/c32-24(29-15-16-10-12-27-14-16)23-22-21-20(11-13-28-25(21)35-23)31(26(33)30-22)17-6-8-19(9-7-17)34-18-4-2-1-3-5-18/h1-9,16,20-21,25,27-28H,10-15H2,(H,29,32)(H,30,33). The van der Waals surface area contributed by atoms with Crippen LogP contribution in [0.1, 0.15) is 12.8 Å². The molecule has 0 bridgehead atoms. The maximum Gasteiger partial charge on any atom is 0.326 e. The first-order valence-corrected chi connectivity index (χ1v) is 13.1. The van der Waals surface area contributed by atoms with Gasteiger partial charge in [0.25, 0.3) is 5.91 Å². The van der Waals surface area contributed by atoms with Crippen LogP contribution in [0.5, 0.6) is 11.5 Å². The van der Waals surface area contributed by atoms with E-state index in [4.69, 9.17) is 4.74 Å². The van der Waals surface area contributed by atoms with Crippen molar-refractivity contribution < 1.29 is 14.3 Å². The first-order chi connectivity index (χ1) is 17.2. The Morgan fingerprint density at radius 2 is 1.86 bits per heavy atom. The van der Waals surface area contributed by atoms with Crippen LogP contribution in [0, 0.1) is 11.8 Å². The third-order valence-corrected chi connectivity index (χ3v) is 8.51. The molecule has 4 aliphatic heterocycles. The van der Waals surface area contributed by atoms with Gasteiger partial charge < -0.3 is 26.0 Å². The predicted molar refractivity (Wildman–Crippen MR) is 136 cm³/mol. The number of ether oxygens (including phenoxy) is 1. The molecule has 35 heavy (non-hydrogen) atoms. The summed E-state index contributed by atoms with van der Waals surface area (Å²) in [7, 11) is 0. The Morgan fingerprint density at radius 1 is 1.06 bits per heavy atom. The SMILES string of the molecule is O=C(NCC1CCNC1)C1=C2NC(=O)N(c3ccc(Oc4ccccc4)cc3)C3CCNC(S1)C23. The van der Waals surface area contributed by atoms with Crippen molar-refractivity contribution in [1.82, 2.24) is 21.3 Å². The molecule has 3 fully saturated rings. The minimum atomic E-state index is -0.188. The van der Waals surface area contributed by atoms with Gasteiger partial charge in [-0.05, 0) is 74.8 Å². The number of amides is 3. The molecule has 0 radical (unpaired) electrons. The summed E-state index contributed by atoms with van der Waals surface area (Å²) in [5.41, 5.74) is 1.59. The van der Waals surface area contributed by atoms with E-state index in [9.17, 15) is 9.59 Å². The van der Waals surface area contributed by atoms with Gasteiger partial charge in [-0.1, -0.05) is 30.0 Å². The van der Waals surface area contributed by atoms with Gasteiger partial charge in [-0.15, -0.1) is 0 Å². The van der Waals surface area contributed by atoms with E-state index in [1.165, 1.54) is 0 Å². The average molecular weight is 492 g/mol. The molecular weight excluding hydrogens is 462 g/mol. The number of carbonyl (C=O) groups excluding carboxylic acids is 2. The largest absolute Gasteiger partial charge is 0.457 e. The number of benzene rings is 2. The molecule has 0 aliphatic carbocycles. The second-order valence-corrected chi connectivity index (χ2v) is 10.5. The Labute approximate surface area is 208 Å². The predicted octanol–water partition coefficient (Wildman–Crippen LogP) is 3.00. The third-order valence-electron chi connectivity index (χ3n) is 7.15. The molecule has 0 spiro atoms. The van der Waals surface area contributed by atoms with Crippen LogP contribution >= 0.6 is 11.8 Å². The zero-order chi connectivity index (χ0) is 23.8. The van der Waals surface area contributed by atoms with Crippen LogP contribution in [-0.4, -0.2) is 49.5 Å². The monoisotopic (exact) mass is 491 g/mol. The van der Waals surface area contributed by atoms with Crippen molar-refractivity contribution in [2.75, 3.05) is 31.1 Å². The Hall–Kier alpha value is -3.01. The smallest absolute Gasteiger partial charge is 0.326 e. The summed E-state index contributed by atoms with van der Waals surface area (Å²) in [5.74, 6) is 1.91. The lowest BCUT2D eigenvalue weighted by atomic mass is 9.86. The molecule has 6 rings (SSSR count). The Balaban J connectivity index is 1.20. The van der Waals surface area contributed by atoms with Crippen molar-refractivity contribution in [3.8, 4) is 11.5 Å². The maximum atomic E-state index is 13.3. The summed E-state index contributed by atoms with van der Waals surface area (Å²) in [6.07, 6.45) is 1.90. The molecular formula is C26H29N5O3S. The highest BCUT2D eigenvalue weighted by Crippen LogP contribution is 2.48. The van der Waals surface area contributed by atoms with E-state index in [2.05, 4.69) is 21.3 Å². The number of nitrogens with zero attached hydrogens (tertiary/aromatic N) is 1. The van der Waals surface area contributed by atoms with Gasteiger partial charge in [0.15, 0.2) is 0 Å². The molecule has 4 heterocycles. The zero-order valence-electron chi connectivity index (χ0n) is 19.3. The van der Waals surface area contributed by atoms with E-state index < -0.39 is 0 Å².